The molecule has 1 heterocycles. The molecule has 4 nitrogen and oxygen atoms in total. The maximum absolute atomic E-state index is 8.59. The quantitative estimate of drug-likeness (QED) is 0.564. The second kappa shape index (κ2) is 9.09. The molecule has 0 bridgehead atoms. The summed E-state index contributed by atoms with van der Waals surface area (Å²) in [6.07, 6.45) is 3.20. The van der Waals surface area contributed by atoms with Crippen molar-refractivity contribution in [1.29, 1.82) is 0 Å². The van der Waals surface area contributed by atoms with Crippen LogP contribution in [0.15, 0.2) is 0 Å². The van der Waals surface area contributed by atoms with Gasteiger partial charge in [-0.25, -0.2) is 0 Å². The molecule has 0 atom stereocenters. The van der Waals surface area contributed by atoms with Crippen molar-refractivity contribution in [3.63, 3.8) is 0 Å². The fourth-order valence-corrected chi connectivity index (χ4v) is 1.74. The number of ether oxygens (including phenoxy) is 1. The van der Waals surface area contributed by atoms with E-state index >= 15 is 0 Å². The lowest BCUT2D eigenvalue weighted by molar-refractivity contribution is 0.0374. The standard InChI is InChI=1S/C11H24N2O2/c14-9-2-1-4-12-5-3-6-13-7-10-15-11-8-13/h12,14H,1-11H2. The molecule has 1 rings (SSSR count). The SMILES string of the molecule is OCCCCNCCCN1CCOCC1. The lowest BCUT2D eigenvalue weighted by Gasteiger charge is -2.26. The summed E-state index contributed by atoms with van der Waals surface area (Å²) in [6, 6.07) is 0. The minimum Gasteiger partial charge on any atom is -0.396 e. The van der Waals surface area contributed by atoms with Gasteiger partial charge in [-0.05, 0) is 38.9 Å². The zero-order valence-corrected chi connectivity index (χ0v) is 9.58. The Morgan fingerprint density at radius 1 is 1.07 bits per heavy atom. The number of aliphatic hydroxyl groups is 1. The average molecular weight is 216 g/mol. The van der Waals surface area contributed by atoms with Crippen LogP contribution in [-0.2, 0) is 4.74 Å². The Morgan fingerprint density at radius 2 is 1.80 bits per heavy atom. The second-order valence-electron chi connectivity index (χ2n) is 3.99. The molecular formula is C11H24N2O2. The summed E-state index contributed by atoms with van der Waals surface area (Å²) in [6.45, 7) is 7.57. The highest BCUT2D eigenvalue weighted by Gasteiger charge is 2.08. The van der Waals surface area contributed by atoms with E-state index in [2.05, 4.69) is 10.2 Å². The van der Waals surface area contributed by atoms with Crippen molar-refractivity contribution in [2.24, 2.45) is 0 Å². The van der Waals surface area contributed by atoms with Crippen LogP contribution in [0, 0.1) is 0 Å². The van der Waals surface area contributed by atoms with E-state index in [0.29, 0.717) is 6.61 Å². The summed E-state index contributed by atoms with van der Waals surface area (Å²) in [5.41, 5.74) is 0. The monoisotopic (exact) mass is 216 g/mol. The van der Waals surface area contributed by atoms with Gasteiger partial charge in [0, 0.05) is 19.7 Å². The molecule has 0 saturated carbocycles. The number of unbranched alkanes of at least 4 members (excludes halogenated alkanes) is 1. The Kier molecular flexibility index (Phi) is 7.83. The first-order chi connectivity index (χ1) is 7.43. The molecule has 1 saturated heterocycles. The van der Waals surface area contributed by atoms with E-state index in [1.807, 2.05) is 0 Å². The fourth-order valence-electron chi connectivity index (χ4n) is 1.74. The van der Waals surface area contributed by atoms with Crippen LogP contribution in [-0.4, -0.2) is 62.6 Å². The van der Waals surface area contributed by atoms with Crippen molar-refractivity contribution in [2.45, 2.75) is 19.3 Å². The molecule has 2 N–H and O–H groups in total. The van der Waals surface area contributed by atoms with Crippen molar-refractivity contribution in [3.8, 4) is 0 Å². The molecule has 15 heavy (non-hydrogen) atoms. The minimum absolute atomic E-state index is 0.315. The average Bonchev–Trinajstić information content (AvgIpc) is 2.29. The van der Waals surface area contributed by atoms with Gasteiger partial charge in [-0.15, -0.1) is 0 Å². The first-order valence-electron chi connectivity index (χ1n) is 6.05. The molecule has 0 amide bonds. The number of hydrogen-bond donors (Lipinski definition) is 2. The molecule has 0 aromatic carbocycles. The van der Waals surface area contributed by atoms with Crippen LogP contribution in [0.3, 0.4) is 0 Å². The normalized spacial score (nSPS) is 18.2. The third-order valence-corrected chi connectivity index (χ3v) is 2.69. The number of rotatable bonds is 8. The lowest BCUT2D eigenvalue weighted by atomic mass is 10.3. The van der Waals surface area contributed by atoms with Gasteiger partial charge in [-0.1, -0.05) is 0 Å². The van der Waals surface area contributed by atoms with Crippen LogP contribution in [0.1, 0.15) is 19.3 Å². The summed E-state index contributed by atoms with van der Waals surface area (Å²) in [5.74, 6) is 0. The van der Waals surface area contributed by atoms with Gasteiger partial charge >= 0.3 is 0 Å². The molecule has 0 aromatic rings. The van der Waals surface area contributed by atoms with Crippen LogP contribution >= 0.6 is 0 Å². The van der Waals surface area contributed by atoms with Crippen molar-refractivity contribution < 1.29 is 9.84 Å². The van der Waals surface area contributed by atoms with Crippen LogP contribution in [0.4, 0.5) is 0 Å². The topological polar surface area (TPSA) is 44.7 Å². The second-order valence-corrected chi connectivity index (χ2v) is 3.99. The highest BCUT2D eigenvalue weighted by atomic mass is 16.5. The van der Waals surface area contributed by atoms with Crippen LogP contribution in [0.2, 0.25) is 0 Å². The third-order valence-electron chi connectivity index (χ3n) is 2.69. The van der Waals surface area contributed by atoms with Gasteiger partial charge in [0.25, 0.3) is 0 Å². The molecule has 0 aliphatic carbocycles. The van der Waals surface area contributed by atoms with Gasteiger partial charge in [-0.2, -0.15) is 0 Å². The van der Waals surface area contributed by atoms with E-state index in [1.54, 1.807) is 0 Å². The molecule has 0 unspecified atom stereocenters. The van der Waals surface area contributed by atoms with Crippen molar-refractivity contribution >= 4 is 0 Å². The number of hydrogen-bond acceptors (Lipinski definition) is 4. The van der Waals surface area contributed by atoms with Gasteiger partial charge in [-0.3, -0.25) is 4.90 Å². The van der Waals surface area contributed by atoms with E-state index in [-0.39, 0.29) is 0 Å². The maximum atomic E-state index is 8.59. The largest absolute Gasteiger partial charge is 0.396 e. The van der Waals surface area contributed by atoms with Gasteiger partial charge in [0.05, 0.1) is 13.2 Å². The first kappa shape index (κ1) is 12.9. The molecule has 4 heteroatoms. The fraction of sp³-hybridized carbons (Fsp3) is 1.00. The van der Waals surface area contributed by atoms with Crippen molar-refractivity contribution in [2.75, 3.05) is 52.5 Å². The van der Waals surface area contributed by atoms with E-state index < -0.39 is 0 Å². The Hall–Kier alpha value is -0.160. The summed E-state index contributed by atoms with van der Waals surface area (Å²) in [5, 5.41) is 12.0. The smallest absolute Gasteiger partial charge is 0.0594 e. The third kappa shape index (κ3) is 6.84. The number of nitrogens with zero attached hydrogens (tertiary/aromatic N) is 1. The van der Waals surface area contributed by atoms with E-state index in [1.165, 1.54) is 13.0 Å². The van der Waals surface area contributed by atoms with E-state index in [0.717, 1.165) is 52.2 Å². The Balaban J connectivity index is 1.79. The number of nitrogens with one attached hydrogen (secondary N) is 1. The van der Waals surface area contributed by atoms with Crippen molar-refractivity contribution in [1.82, 2.24) is 10.2 Å². The van der Waals surface area contributed by atoms with Crippen LogP contribution in [0.25, 0.3) is 0 Å². The molecule has 1 aliphatic rings. The maximum Gasteiger partial charge on any atom is 0.0594 e. The first-order valence-corrected chi connectivity index (χ1v) is 6.05. The molecule has 0 aromatic heterocycles. The lowest BCUT2D eigenvalue weighted by Crippen LogP contribution is -2.37. The number of aliphatic hydroxyl groups excluding tert-OH is 1. The zero-order valence-electron chi connectivity index (χ0n) is 9.58. The highest BCUT2D eigenvalue weighted by molar-refractivity contribution is 4.62. The predicted octanol–water partition coefficient (Wildman–Crippen LogP) is 0.0708. The highest BCUT2D eigenvalue weighted by Crippen LogP contribution is 1.97. The Bertz CT molecular complexity index is 139. The zero-order chi connectivity index (χ0) is 10.8. The Labute approximate surface area is 92.6 Å². The molecule has 0 spiro atoms. The van der Waals surface area contributed by atoms with Gasteiger partial charge in [0.1, 0.15) is 0 Å². The van der Waals surface area contributed by atoms with E-state index in [4.69, 9.17) is 9.84 Å². The van der Waals surface area contributed by atoms with Crippen molar-refractivity contribution in [3.05, 3.63) is 0 Å². The molecule has 90 valence electrons. The minimum atomic E-state index is 0.315. The molecular weight excluding hydrogens is 192 g/mol. The summed E-state index contributed by atoms with van der Waals surface area (Å²) in [7, 11) is 0. The molecule has 0 radical (unpaired) electrons. The summed E-state index contributed by atoms with van der Waals surface area (Å²) < 4.78 is 5.29. The predicted molar refractivity (Wildman–Crippen MR) is 61.1 cm³/mol. The van der Waals surface area contributed by atoms with Crippen LogP contribution < -0.4 is 5.32 Å². The van der Waals surface area contributed by atoms with Crippen LogP contribution in [0.5, 0.6) is 0 Å². The number of morpholine rings is 1. The summed E-state index contributed by atoms with van der Waals surface area (Å²) >= 11 is 0. The molecule has 1 fully saturated rings. The van der Waals surface area contributed by atoms with Gasteiger partial charge < -0.3 is 15.2 Å². The van der Waals surface area contributed by atoms with Gasteiger partial charge in [0.15, 0.2) is 0 Å². The Morgan fingerprint density at radius 3 is 2.53 bits per heavy atom. The van der Waals surface area contributed by atoms with Gasteiger partial charge in [0.2, 0.25) is 0 Å². The van der Waals surface area contributed by atoms with E-state index in [9.17, 15) is 0 Å². The summed E-state index contributed by atoms with van der Waals surface area (Å²) in [4.78, 5) is 2.46. The molecule has 1 aliphatic heterocycles.